The molecule has 3 heteroatoms. The van der Waals surface area contributed by atoms with Gasteiger partial charge in [0.2, 0.25) is 0 Å². The van der Waals surface area contributed by atoms with Gasteiger partial charge in [0.15, 0.2) is 0 Å². The van der Waals surface area contributed by atoms with Crippen molar-refractivity contribution in [3.05, 3.63) is 58.6 Å². The molecule has 0 aliphatic heterocycles. The van der Waals surface area contributed by atoms with Crippen molar-refractivity contribution in [2.24, 2.45) is 0 Å². The fraction of sp³-hybridized carbons (Fsp3) is 0.0769. The Labute approximate surface area is 108 Å². The number of para-hydroxylation sites is 1. The molecule has 2 aromatic carbocycles. The summed E-state index contributed by atoms with van der Waals surface area (Å²) in [6.07, 6.45) is 0. The van der Waals surface area contributed by atoms with Crippen LogP contribution in [0.15, 0.2) is 57.9 Å². The summed E-state index contributed by atoms with van der Waals surface area (Å²) in [5, 5.41) is 9.60. The number of halogens is 1. The molecule has 82 valence electrons. The van der Waals surface area contributed by atoms with Crippen LogP contribution in [-0.2, 0) is 5.75 Å². The van der Waals surface area contributed by atoms with Gasteiger partial charge >= 0.3 is 0 Å². The Kier molecular flexibility index (Phi) is 3.91. The third kappa shape index (κ3) is 3.03. The minimum atomic E-state index is 0.351. The number of thioether (sulfide) groups is 1. The van der Waals surface area contributed by atoms with Crippen molar-refractivity contribution in [1.29, 1.82) is 0 Å². The zero-order valence-corrected chi connectivity index (χ0v) is 11.0. The van der Waals surface area contributed by atoms with E-state index in [9.17, 15) is 5.11 Å². The van der Waals surface area contributed by atoms with Crippen LogP contribution in [0.1, 0.15) is 5.56 Å². The zero-order chi connectivity index (χ0) is 11.4. The zero-order valence-electron chi connectivity index (χ0n) is 8.56. The van der Waals surface area contributed by atoms with E-state index in [0.29, 0.717) is 5.75 Å². The number of phenolic OH excluding ortho intramolecular Hbond substituents is 1. The highest BCUT2D eigenvalue weighted by Gasteiger charge is 2.00. The first-order valence-electron chi connectivity index (χ1n) is 4.91. The molecule has 0 radical (unpaired) electrons. The van der Waals surface area contributed by atoms with Gasteiger partial charge in [0.25, 0.3) is 0 Å². The van der Waals surface area contributed by atoms with Gasteiger partial charge in [0.1, 0.15) is 5.75 Å². The predicted octanol–water partition coefficient (Wildman–Crippen LogP) is 4.45. The topological polar surface area (TPSA) is 20.2 Å². The summed E-state index contributed by atoms with van der Waals surface area (Å²) in [4.78, 5) is 0.922. The SMILES string of the molecule is Oc1ccccc1SCc1ccc(Br)cc1. The van der Waals surface area contributed by atoms with E-state index >= 15 is 0 Å². The maximum absolute atomic E-state index is 9.60. The summed E-state index contributed by atoms with van der Waals surface area (Å²) in [6.45, 7) is 0. The number of benzene rings is 2. The third-order valence-corrected chi connectivity index (χ3v) is 3.84. The monoisotopic (exact) mass is 294 g/mol. The molecule has 0 aromatic heterocycles. The first-order valence-corrected chi connectivity index (χ1v) is 6.69. The molecule has 0 aliphatic rings. The summed E-state index contributed by atoms with van der Waals surface area (Å²) < 4.78 is 1.09. The lowest BCUT2D eigenvalue weighted by Crippen LogP contribution is -1.80. The van der Waals surface area contributed by atoms with Gasteiger partial charge in [-0.15, -0.1) is 11.8 Å². The minimum Gasteiger partial charge on any atom is -0.507 e. The summed E-state index contributed by atoms with van der Waals surface area (Å²) in [7, 11) is 0. The molecule has 1 nitrogen and oxygen atoms in total. The Morgan fingerprint density at radius 3 is 2.38 bits per heavy atom. The Morgan fingerprint density at radius 1 is 1.00 bits per heavy atom. The molecular formula is C13H11BrOS. The molecule has 0 atom stereocenters. The predicted molar refractivity (Wildman–Crippen MR) is 71.8 cm³/mol. The van der Waals surface area contributed by atoms with E-state index in [0.717, 1.165) is 15.1 Å². The number of hydrogen-bond acceptors (Lipinski definition) is 2. The molecule has 0 spiro atoms. The van der Waals surface area contributed by atoms with Crippen LogP contribution in [-0.4, -0.2) is 5.11 Å². The van der Waals surface area contributed by atoms with Gasteiger partial charge in [-0.2, -0.15) is 0 Å². The molecule has 0 heterocycles. The van der Waals surface area contributed by atoms with Gasteiger partial charge < -0.3 is 5.11 Å². The molecule has 0 saturated heterocycles. The van der Waals surface area contributed by atoms with E-state index in [2.05, 4.69) is 28.1 Å². The summed E-state index contributed by atoms with van der Waals surface area (Å²) >= 11 is 5.05. The van der Waals surface area contributed by atoms with Crippen LogP contribution in [0.25, 0.3) is 0 Å². The molecule has 0 saturated carbocycles. The van der Waals surface area contributed by atoms with Crippen LogP contribution in [0.4, 0.5) is 0 Å². The van der Waals surface area contributed by atoms with Crippen LogP contribution >= 0.6 is 27.7 Å². The molecule has 0 amide bonds. The smallest absolute Gasteiger partial charge is 0.129 e. The normalized spacial score (nSPS) is 10.3. The molecule has 0 unspecified atom stereocenters. The van der Waals surface area contributed by atoms with Gasteiger partial charge in [-0.3, -0.25) is 0 Å². The second-order valence-electron chi connectivity index (χ2n) is 3.38. The molecule has 0 bridgehead atoms. The quantitative estimate of drug-likeness (QED) is 0.844. The van der Waals surface area contributed by atoms with Crippen molar-refractivity contribution in [3.8, 4) is 5.75 Å². The summed E-state index contributed by atoms with van der Waals surface area (Å²) in [5.74, 6) is 1.22. The standard InChI is InChI=1S/C13H11BrOS/c14-11-7-5-10(6-8-11)9-16-13-4-2-1-3-12(13)15/h1-8,15H,9H2. The van der Waals surface area contributed by atoms with Crippen molar-refractivity contribution in [1.82, 2.24) is 0 Å². The van der Waals surface area contributed by atoms with E-state index < -0.39 is 0 Å². The maximum atomic E-state index is 9.60. The van der Waals surface area contributed by atoms with Crippen LogP contribution < -0.4 is 0 Å². The maximum Gasteiger partial charge on any atom is 0.129 e. The lowest BCUT2D eigenvalue weighted by atomic mass is 10.2. The first kappa shape index (κ1) is 11.6. The van der Waals surface area contributed by atoms with Crippen molar-refractivity contribution < 1.29 is 5.11 Å². The highest BCUT2D eigenvalue weighted by Crippen LogP contribution is 2.30. The van der Waals surface area contributed by atoms with Crippen LogP contribution in [0, 0.1) is 0 Å². The highest BCUT2D eigenvalue weighted by molar-refractivity contribution is 9.10. The number of rotatable bonds is 3. The average Bonchev–Trinajstić information content (AvgIpc) is 2.30. The Hall–Kier alpha value is -0.930. The molecule has 0 aliphatic carbocycles. The van der Waals surface area contributed by atoms with Gasteiger partial charge in [-0.05, 0) is 29.8 Å². The van der Waals surface area contributed by atoms with Crippen molar-refractivity contribution in [2.75, 3.05) is 0 Å². The van der Waals surface area contributed by atoms with Crippen molar-refractivity contribution in [3.63, 3.8) is 0 Å². The van der Waals surface area contributed by atoms with Crippen molar-refractivity contribution >= 4 is 27.7 Å². The fourth-order valence-corrected chi connectivity index (χ4v) is 2.49. The first-order chi connectivity index (χ1) is 7.75. The minimum absolute atomic E-state index is 0.351. The summed E-state index contributed by atoms with van der Waals surface area (Å²) in [5.41, 5.74) is 1.25. The Bertz CT molecular complexity index is 468. The van der Waals surface area contributed by atoms with E-state index in [1.165, 1.54) is 5.56 Å². The molecular weight excluding hydrogens is 284 g/mol. The lowest BCUT2D eigenvalue weighted by Gasteiger charge is -2.04. The van der Waals surface area contributed by atoms with E-state index in [1.54, 1.807) is 17.8 Å². The average molecular weight is 295 g/mol. The van der Waals surface area contributed by atoms with Gasteiger partial charge in [0.05, 0.1) is 0 Å². The summed E-state index contributed by atoms with van der Waals surface area (Å²) in [6, 6.07) is 15.6. The molecule has 0 fully saturated rings. The van der Waals surface area contributed by atoms with Crippen LogP contribution in [0.3, 0.4) is 0 Å². The van der Waals surface area contributed by atoms with Crippen LogP contribution in [0.5, 0.6) is 5.75 Å². The van der Waals surface area contributed by atoms with Gasteiger partial charge in [-0.25, -0.2) is 0 Å². The van der Waals surface area contributed by atoms with Crippen molar-refractivity contribution in [2.45, 2.75) is 10.6 Å². The van der Waals surface area contributed by atoms with Gasteiger partial charge in [-0.1, -0.05) is 40.2 Å². The number of aromatic hydroxyl groups is 1. The Morgan fingerprint density at radius 2 is 1.69 bits per heavy atom. The fourth-order valence-electron chi connectivity index (χ4n) is 1.32. The number of phenols is 1. The molecule has 2 aromatic rings. The van der Waals surface area contributed by atoms with Crippen LogP contribution in [0.2, 0.25) is 0 Å². The second kappa shape index (κ2) is 5.41. The van der Waals surface area contributed by atoms with Gasteiger partial charge in [0, 0.05) is 15.1 Å². The van der Waals surface area contributed by atoms with E-state index in [-0.39, 0.29) is 0 Å². The largest absolute Gasteiger partial charge is 0.507 e. The molecule has 2 rings (SSSR count). The van der Waals surface area contributed by atoms with E-state index in [4.69, 9.17) is 0 Å². The molecule has 16 heavy (non-hydrogen) atoms. The molecule has 1 N–H and O–H groups in total. The number of hydrogen-bond donors (Lipinski definition) is 1. The Balaban J connectivity index is 2.02. The lowest BCUT2D eigenvalue weighted by molar-refractivity contribution is 0.462. The second-order valence-corrected chi connectivity index (χ2v) is 5.32. The third-order valence-electron chi connectivity index (χ3n) is 2.17. The van der Waals surface area contributed by atoms with E-state index in [1.807, 2.05) is 30.3 Å². The highest BCUT2D eigenvalue weighted by atomic mass is 79.9.